The normalized spacial score (nSPS) is 23.5. The first-order valence-electron chi connectivity index (χ1n) is 11.4. The quantitative estimate of drug-likeness (QED) is 0.739. The Morgan fingerprint density at radius 1 is 0.938 bits per heavy atom. The number of anilines is 1. The molecule has 3 heterocycles. The van der Waals surface area contributed by atoms with Gasteiger partial charge in [0.1, 0.15) is 18.5 Å². The monoisotopic (exact) mass is 435 g/mol. The van der Waals surface area contributed by atoms with Crippen LogP contribution < -0.4 is 9.64 Å². The molecule has 0 N–H and O–H groups in total. The first kappa shape index (κ1) is 21.0. The summed E-state index contributed by atoms with van der Waals surface area (Å²) in [7, 11) is 0. The van der Waals surface area contributed by atoms with Crippen LogP contribution in [0.3, 0.4) is 0 Å². The molecular formula is C25H29N3O4. The molecule has 0 radical (unpaired) electrons. The maximum absolute atomic E-state index is 13.6. The molecule has 0 spiro atoms. The first-order chi connectivity index (χ1) is 15.7. The number of piperazine rings is 1. The molecule has 2 aromatic rings. The summed E-state index contributed by atoms with van der Waals surface area (Å²) in [5, 5.41) is 0. The Hall–Kier alpha value is -2.90. The van der Waals surface area contributed by atoms with E-state index in [1.54, 1.807) is 0 Å². The van der Waals surface area contributed by atoms with Crippen molar-refractivity contribution in [2.75, 3.05) is 50.8 Å². The molecule has 2 fully saturated rings. The summed E-state index contributed by atoms with van der Waals surface area (Å²) >= 11 is 0. The van der Waals surface area contributed by atoms with Crippen molar-refractivity contribution in [3.8, 4) is 5.75 Å². The number of hydrogen-bond acceptors (Lipinski definition) is 5. The van der Waals surface area contributed by atoms with E-state index in [4.69, 9.17) is 9.47 Å². The standard InChI is InChI=1S/C25H29N3O4/c29-24(17-26-12-14-27(15-13-26)25(30)23-11-6-16-31-23)28-20-9-4-5-10-22(20)32-18-21(28)19-7-2-1-3-8-19/h1-5,7-10,21,23H,6,11-18H2/t21-,23-/m0/s1. The number of amides is 2. The van der Waals surface area contributed by atoms with Crippen molar-refractivity contribution < 1.29 is 19.1 Å². The van der Waals surface area contributed by atoms with Crippen molar-refractivity contribution in [1.29, 1.82) is 0 Å². The van der Waals surface area contributed by atoms with Gasteiger partial charge in [-0.25, -0.2) is 0 Å². The molecule has 5 rings (SSSR count). The van der Waals surface area contributed by atoms with Crippen LogP contribution in [0.25, 0.3) is 0 Å². The fourth-order valence-electron chi connectivity index (χ4n) is 4.79. The molecule has 3 aliphatic heterocycles. The van der Waals surface area contributed by atoms with Crippen LogP contribution in [0.2, 0.25) is 0 Å². The SMILES string of the molecule is O=C([C@@H]1CCCO1)N1CCN(CC(=O)N2c3ccccc3OC[C@H]2c2ccccc2)CC1. The van der Waals surface area contributed by atoms with Gasteiger partial charge in [-0.3, -0.25) is 19.4 Å². The molecule has 168 valence electrons. The molecule has 32 heavy (non-hydrogen) atoms. The van der Waals surface area contributed by atoms with E-state index in [-0.39, 0.29) is 24.0 Å². The van der Waals surface area contributed by atoms with E-state index in [0.29, 0.717) is 45.9 Å². The molecule has 2 atom stereocenters. The topological polar surface area (TPSA) is 62.3 Å². The molecule has 0 aromatic heterocycles. The average molecular weight is 436 g/mol. The van der Waals surface area contributed by atoms with Crippen LogP contribution in [-0.2, 0) is 14.3 Å². The van der Waals surface area contributed by atoms with Gasteiger partial charge in [0.15, 0.2) is 0 Å². The Bertz CT molecular complexity index is 953. The molecule has 0 saturated carbocycles. The van der Waals surface area contributed by atoms with Crippen LogP contribution in [-0.4, -0.2) is 73.7 Å². The number of para-hydroxylation sites is 2. The highest BCUT2D eigenvalue weighted by atomic mass is 16.5. The molecule has 0 aliphatic carbocycles. The molecule has 7 nitrogen and oxygen atoms in total. The van der Waals surface area contributed by atoms with E-state index in [0.717, 1.165) is 29.8 Å². The molecule has 2 saturated heterocycles. The van der Waals surface area contributed by atoms with Crippen LogP contribution in [0, 0.1) is 0 Å². The second-order valence-electron chi connectivity index (χ2n) is 8.57. The average Bonchev–Trinajstić information content (AvgIpc) is 3.39. The second-order valence-corrected chi connectivity index (χ2v) is 8.57. The summed E-state index contributed by atoms with van der Waals surface area (Å²) in [6.07, 6.45) is 1.49. The van der Waals surface area contributed by atoms with E-state index in [2.05, 4.69) is 4.90 Å². The smallest absolute Gasteiger partial charge is 0.251 e. The maximum atomic E-state index is 13.6. The van der Waals surface area contributed by atoms with Gasteiger partial charge in [0.05, 0.1) is 18.3 Å². The zero-order chi connectivity index (χ0) is 21.9. The number of nitrogens with zero attached hydrogens (tertiary/aromatic N) is 3. The number of hydrogen-bond donors (Lipinski definition) is 0. The Morgan fingerprint density at radius 3 is 2.44 bits per heavy atom. The van der Waals surface area contributed by atoms with Crippen molar-refractivity contribution in [3.05, 3.63) is 60.2 Å². The largest absolute Gasteiger partial charge is 0.489 e. The van der Waals surface area contributed by atoms with Gasteiger partial charge >= 0.3 is 0 Å². The highest BCUT2D eigenvalue weighted by Gasteiger charge is 2.35. The van der Waals surface area contributed by atoms with Gasteiger partial charge in [0, 0.05) is 32.8 Å². The summed E-state index contributed by atoms with van der Waals surface area (Å²) in [4.78, 5) is 32.1. The molecule has 3 aliphatic rings. The summed E-state index contributed by atoms with van der Waals surface area (Å²) in [6.45, 7) is 4.06. The Balaban J connectivity index is 1.27. The number of carbonyl (C=O) groups is 2. The predicted molar refractivity (Wildman–Crippen MR) is 121 cm³/mol. The summed E-state index contributed by atoms with van der Waals surface area (Å²) in [5.41, 5.74) is 1.87. The number of carbonyl (C=O) groups excluding carboxylic acids is 2. The molecule has 7 heteroatoms. The van der Waals surface area contributed by atoms with Gasteiger partial charge in [0.25, 0.3) is 5.91 Å². The Labute approximate surface area is 188 Å². The van der Waals surface area contributed by atoms with E-state index < -0.39 is 0 Å². The summed E-state index contributed by atoms with van der Waals surface area (Å²) in [6, 6.07) is 17.6. The van der Waals surface area contributed by atoms with Crippen LogP contribution in [0.5, 0.6) is 5.75 Å². The zero-order valence-corrected chi connectivity index (χ0v) is 18.2. The highest BCUT2D eigenvalue weighted by molar-refractivity contribution is 5.97. The molecule has 2 amide bonds. The minimum absolute atomic E-state index is 0.0495. The van der Waals surface area contributed by atoms with Crippen molar-refractivity contribution in [1.82, 2.24) is 9.80 Å². The summed E-state index contributed by atoms with van der Waals surface area (Å²) < 4.78 is 11.5. The number of fused-ring (bicyclic) bond motifs is 1. The summed E-state index contributed by atoms with van der Waals surface area (Å²) in [5.74, 6) is 0.883. The maximum Gasteiger partial charge on any atom is 0.251 e. The number of benzene rings is 2. The minimum atomic E-state index is -0.278. The molecule has 2 aromatic carbocycles. The Kier molecular flexibility index (Phi) is 6.10. The van der Waals surface area contributed by atoms with Gasteiger partial charge in [-0.2, -0.15) is 0 Å². The van der Waals surface area contributed by atoms with Gasteiger partial charge < -0.3 is 14.4 Å². The third kappa shape index (κ3) is 4.23. The fraction of sp³-hybridized carbons (Fsp3) is 0.440. The fourth-order valence-corrected chi connectivity index (χ4v) is 4.79. The zero-order valence-electron chi connectivity index (χ0n) is 18.2. The van der Waals surface area contributed by atoms with Crippen molar-refractivity contribution >= 4 is 17.5 Å². The van der Waals surface area contributed by atoms with E-state index >= 15 is 0 Å². The van der Waals surface area contributed by atoms with Crippen LogP contribution in [0.4, 0.5) is 5.69 Å². The van der Waals surface area contributed by atoms with Crippen molar-refractivity contribution in [2.45, 2.75) is 25.0 Å². The van der Waals surface area contributed by atoms with Crippen molar-refractivity contribution in [3.63, 3.8) is 0 Å². The molecule has 0 bridgehead atoms. The van der Waals surface area contributed by atoms with E-state index in [1.807, 2.05) is 64.4 Å². The highest BCUT2D eigenvalue weighted by Crippen LogP contribution is 2.39. The third-order valence-corrected chi connectivity index (χ3v) is 6.53. The van der Waals surface area contributed by atoms with Gasteiger partial charge in [-0.05, 0) is 30.5 Å². The van der Waals surface area contributed by atoms with Crippen LogP contribution in [0.15, 0.2) is 54.6 Å². The van der Waals surface area contributed by atoms with E-state index in [1.165, 1.54) is 0 Å². The van der Waals surface area contributed by atoms with Crippen LogP contribution in [0.1, 0.15) is 24.4 Å². The van der Waals surface area contributed by atoms with Crippen molar-refractivity contribution in [2.24, 2.45) is 0 Å². The third-order valence-electron chi connectivity index (χ3n) is 6.53. The minimum Gasteiger partial charge on any atom is -0.489 e. The number of rotatable bonds is 4. The lowest BCUT2D eigenvalue weighted by molar-refractivity contribution is -0.142. The molecular weight excluding hydrogens is 406 g/mol. The van der Waals surface area contributed by atoms with Gasteiger partial charge in [-0.1, -0.05) is 42.5 Å². The second kappa shape index (κ2) is 9.30. The van der Waals surface area contributed by atoms with E-state index in [9.17, 15) is 9.59 Å². The lowest BCUT2D eigenvalue weighted by Gasteiger charge is -2.40. The Morgan fingerprint density at radius 2 is 1.69 bits per heavy atom. The van der Waals surface area contributed by atoms with Gasteiger partial charge in [-0.15, -0.1) is 0 Å². The first-order valence-corrected chi connectivity index (χ1v) is 11.4. The number of ether oxygens (including phenoxy) is 2. The predicted octanol–water partition coefficient (Wildman–Crippen LogP) is 2.48. The van der Waals surface area contributed by atoms with Crippen LogP contribution >= 0.6 is 0 Å². The lowest BCUT2D eigenvalue weighted by atomic mass is 10.0. The van der Waals surface area contributed by atoms with Gasteiger partial charge in [0.2, 0.25) is 5.91 Å². The lowest BCUT2D eigenvalue weighted by Crippen LogP contribution is -2.54. The molecule has 0 unspecified atom stereocenters.